The number of aryl methyl sites for hydroxylation is 2. The van der Waals surface area contributed by atoms with Crippen molar-refractivity contribution < 1.29 is 9.59 Å². The minimum atomic E-state index is -0.448. The van der Waals surface area contributed by atoms with Crippen molar-refractivity contribution in [1.29, 1.82) is 0 Å². The zero-order valence-electron chi connectivity index (χ0n) is 11.4. The minimum Gasteiger partial charge on any atom is -0.350 e. The van der Waals surface area contributed by atoms with Gasteiger partial charge in [0.1, 0.15) is 5.03 Å². The van der Waals surface area contributed by atoms with E-state index in [1.54, 1.807) is 0 Å². The average molecular weight is 289 g/mol. The van der Waals surface area contributed by atoms with E-state index in [1.165, 1.54) is 7.05 Å². The average Bonchev–Trinajstić information content (AvgIpc) is 2.83. The summed E-state index contributed by atoms with van der Waals surface area (Å²) in [5.74, 6) is -0.801. The van der Waals surface area contributed by atoms with Crippen molar-refractivity contribution in [2.24, 2.45) is 7.05 Å². The highest BCUT2D eigenvalue weighted by atomic mass is 35.5. The molecule has 2 heterocycles. The molecule has 3 rings (SSSR count). The maximum Gasteiger partial charge on any atom is 0.272 e. The number of benzene rings is 1. The number of fused-ring (bicyclic) bond motifs is 1. The van der Waals surface area contributed by atoms with Crippen LogP contribution >= 0.6 is 11.6 Å². The van der Waals surface area contributed by atoms with Gasteiger partial charge in [0.15, 0.2) is 0 Å². The van der Waals surface area contributed by atoms with Gasteiger partial charge in [0, 0.05) is 31.2 Å². The van der Waals surface area contributed by atoms with Crippen LogP contribution in [0.3, 0.4) is 0 Å². The molecule has 0 N–H and O–H groups in total. The fourth-order valence-corrected chi connectivity index (χ4v) is 3.02. The van der Waals surface area contributed by atoms with Crippen LogP contribution in [0.1, 0.15) is 11.1 Å². The molecule has 0 bridgehead atoms. The van der Waals surface area contributed by atoms with Crippen LogP contribution in [0.25, 0.3) is 16.5 Å². The second-order valence-corrected chi connectivity index (χ2v) is 5.36. The Balaban J connectivity index is 2.35. The van der Waals surface area contributed by atoms with Crippen molar-refractivity contribution in [3.63, 3.8) is 0 Å². The first-order chi connectivity index (χ1) is 9.43. The van der Waals surface area contributed by atoms with E-state index in [1.807, 2.05) is 42.9 Å². The van der Waals surface area contributed by atoms with Crippen molar-refractivity contribution in [2.75, 3.05) is 7.05 Å². The van der Waals surface area contributed by atoms with Crippen LogP contribution in [0.15, 0.2) is 29.4 Å². The molecule has 1 aliphatic rings. The number of para-hydroxylation sites is 1. The fourth-order valence-electron chi connectivity index (χ4n) is 2.71. The van der Waals surface area contributed by atoms with Crippen LogP contribution < -0.4 is 0 Å². The van der Waals surface area contributed by atoms with E-state index in [9.17, 15) is 9.59 Å². The number of hydrogen-bond donors (Lipinski definition) is 0. The van der Waals surface area contributed by atoms with Gasteiger partial charge in [-0.15, -0.1) is 0 Å². The van der Waals surface area contributed by atoms with Gasteiger partial charge in [0.2, 0.25) is 0 Å². The van der Waals surface area contributed by atoms with Crippen LogP contribution in [0.5, 0.6) is 0 Å². The minimum absolute atomic E-state index is 0.00786. The molecule has 0 unspecified atom stereocenters. The van der Waals surface area contributed by atoms with Crippen molar-refractivity contribution >= 4 is 39.9 Å². The summed E-state index contributed by atoms with van der Waals surface area (Å²) in [6.07, 6.45) is 1.85. The Morgan fingerprint density at radius 3 is 2.40 bits per heavy atom. The maximum absolute atomic E-state index is 12.2. The molecule has 1 aromatic carbocycles. The Kier molecular flexibility index (Phi) is 2.73. The SMILES string of the molecule is Cc1cccc2c(C3=C(Cl)C(=O)N(C)C3=O)cn(C)c12. The van der Waals surface area contributed by atoms with Crippen LogP contribution in [-0.4, -0.2) is 28.3 Å². The summed E-state index contributed by atoms with van der Waals surface area (Å²) in [6, 6.07) is 5.88. The third-order valence-corrected chi connectivity index (χ3v) is 4.05. The molecule has 102 valence electrons. The molecule has 0 radical (unpaired) electrons. The van der Waals surface area contributed by atoms with Crippen molar-refractivity contribution in [2.45, 2.75) is 6.92 Å². The van der Waals surface area contributed by atoms with Gasteiger partial charge in [-0.2, -0.15) is 0 Å². The first kappa shape index (κ1) is 12.9. The third kappa shape index (κ3) is 1.55. The smallest absolute Gasteiger partial charge is 0.272 e. The Morgan fingerprint density at radius 2 is 1.80 bits per heavy atom. The molecule has 0 saturated heterocycles. The topological polar surface area (TPSA) is 42.3 Å². The van der Waals surface area contributed by atoms with E-state index >= 15 is 0 Å². The molecule has 0 atom stereocenters. The van der Waals surface area contributed by atoms with E-state index in [-0.39, 0.29) is 16.5 Å². The fraction of sp³-hybridized carbons (Fsp3) is 0.200. The number of amides is 2. The number of hydrogen-bond acceptors (Lipinski definition) is 2. The third-order valence-electron chi connectivity index (χ3n) is 3.70. The largest absolute Gasteiger partial charge is 0.350 e. The highest BCUT2D eigenvalue weighted by Crippen LogP contribution is 2.36. The second kappa shape index (κ2) is 4.21. The number of nitrogens with zero attached hydrogens (tertiary/aromatic N) is 2. The van der Waals surface area contributed by atoms with Crippen LogP contribution in [0.2, 0.25) is 0 Å². The van der Waals surface area contributed by atoms with Gasteiger partial charge < -0.3 is 4.57 Å². The zero-order chi connectivity index (χ0) is 14.6. The zero-order valence-corrected chi connectivity index (χ0v) is 12.2. The molecule has 2 aromatic rings. The van der Waals surface area contributed by atoms with E-state index < -0.39 is 5.91 Å². The predicted octanol–water partition coefficient (Wildman–Crippen LogP) is 2.44. The number of halogens is 1. The molecule has 1 aromatic heterocycles. The maximum atomic E-state index is 12.2. The van der Waals surface area contributed by atoms with Crippen molar-refractivity contribution in [3.05, 3.63) is 40.6 Å². The highest BCUT2D eigenvalue weighted by molar-refractivity contribution is 6.55. The Labute approximate surface area is 121 Å². The first-order valence-corrected chi connectivity index (χ1v) is 6.58. The van der Waals surface area contributed by atoms with Gasteiger partial charge >= 0.3 is 0 Å². The highest BCUT2D eigenvalue weighted by Gasteiger charge is 2.36. The normalized spacial score (nSPS) is 15.9. The van der Waals surface area contributed by atoms with E-state index in [4.69, 9.17) is 11.6 Å². The summed E-state index contributed by atoms with van der Waals surface area (Å²) < 4.78 is 1.95. The standard InChI is InChI=1S/C15H13ClN2O2/c1-8-5-4-6-9-10(7-17(2)13(8)9)11-12(16)15(20)18(3)14(11)19/h4-7H,1-3H3. The van der Waals surface area contributed by atoms with Crippen LogP contribution in [0, 0.1) is 6.92 Å². The monoisotopic (exact) mass is 288 g/mol. The van der Waals surface area contributed by atoms with Crippen molar-refractivity contribution in [1.82, 2.24) is 9.47 Å². The molecular weight excluding hydrogens is 276 g/mol. The van der Waals surface area contributed by atoms with Gasteiger partial charge in [0.05, 0.1) is 11.1 Å². The van der Waals surface area contributed by atoms with Crippen molar-refractivity contribution in [3.8, 4) is 0 Å². The molecule has 4 nitrogen and oxygen atoms in total. The molecule has 0 fully saturated rings. The number of carbonyl (C=O) groups excluding carboxylic acids is 2. The lowest BCUT2D eigenvalue weighted by atomic mass is 10.0. The summed E-state index contributed by atoms with van der Waals surface area (Å²) >= 11 is 6.06. The van der Waals surface area contributed by atoms with Crippen LogP contribution in [0.4, 0.5) is 0 Å². The first-order valence-electron chi connectivity index (χ1n) is 6.20. The number of rotatable bonds is 1. The Hall–Kier alpha value is -2.07. The number of likely N-dealkylation sites (N-methyl/N-ethyl adjacent to an activating group) is 1. The quantitative estimate of drug-likeness (QED) is 0.757. The molecule has 20 heavy (non-hydrogen) atoms. The Morgan fingerprint density at radius 1 is 1.10 bits per heavy atom. The van der Waals surface area contributed by atoms with E-state index in [2.05, 4.69) is 0 Å². The molecule has 0 saturated carbocycles. The van der Waals surface area contributed by atoms with Gasteiger partial charge in [0.25, 0.3) is 11.8 Å². The van der Waals surface area contributed by atoms with Gasteiger partial charge in [-0.1, -0.05) is 29.8 Å². The predicted molar refractivity (Wildman–Crippen MR) is 78.2 cm³/mol. The van der Waals surface area contributed by atoms with E-state index in [0.29, 0.717) is 5.56 Å². The molecule has 1 aliphatic heterocycles. The lowest BCUT2D eigenvalue weighted by Gasteiger charge is -2.05. The molecular formula is C15H13ClN2O2. The molecule has 0 aliphatic carbocycles. The molecule has 0 spiro atoms. The van der Waals surface area contributed by atoms with E-state index in [0.717, 1.165) is 21.4 Å². The lowest BCUT2D eigenvalue weighted by molar-refractivity contribution is -0.134. The van der Waals surface area contributed by atoms with Gasteiger partial charge in [-0.05, 0) is 12.5 Å². The van der Waals surface area contributed by atoms with Crippen LogP contribution in [-0.2, 0) is 16.6 Å². The summed E-state index contributed by atoms with van der Waals surface area (Å²) in [6.45, 7) is 2.01. The Bertz CT molecular complexity index is 802. The van der Waals surface area contributed by atoms with Gasteiger partial charge in [-0.25, -0.2) is 0 Å². The summed E-state index contributed by atoms with van der Waals surface area (Å²) in [4.78, 5) is 25.1. The van der Waals surface area contributed by atoms with Gasteiger partial charge in [-0.3, -0.25) is 14.5 Å². The summed E-state index contributed by atoms with van der Waals surface area (Å²) in [5.41, 5.74) is 3.14. The molecule has 2 amide bonds. The summed E-state index contributed by atoms with van der Waals surface area (Å²) in [7, 11) is 3.36. The number of carbonyl (C=O) groups is 2. The second-order valence-electron chi connectivity index (χ2n) is 4.98. The number of aromatic nitrogens is 1. The lowest BCUT2D eigenvalue weighted by Crippen LogP contribution is -2.26. The number of imide groups is 1. The molecule has 5 heteroatoms. The summed E-state index contributed by atoms with van der Waals surface area (Å²) in [5, 5.41) is 0.920.